The summed E-state index contributed by atoms with van der Waals surface area (Å²) in [6.07, 6.45) is 3.60. The van der Waals surface area contributed by atoms with E-state index in [1.54, 1.807) is 54.2 Å². The summed E-state index contributed by atoms with van der Waals surface area (Å²) in [6.45, 7) is 11.4. The van der Waals surface area contributed by atoms with E-state index in [0.29, 0.717) is 47.3 Å². The highest BCUT2D eigenvalue weighted by Gasteiger charge is 2.21. The van der Waals surface area contributed by atoms with Gasteiger partial charge in [0.1, 0.15) is 18.2 Å². The molecule has 10 nitrogen and oxygen atoms in total. The molecule has 0 saturated heterocycles. The standard InChI is InChI=1S/C27H34N4O6/c1-8-9-36-14-19-12-20-17(11-21(34-6)23(35-7)22(20)37-19)10-18-13-28-27(31-26(33)16(4)5)30-24(18)29-25(32)15(2)3/h8,11-13,15-16H,1,9-10,14H2,2-7H3,(H2,28,29,30,31,32,33). The SMILES string of the molecule is C=CCOCc1cc2c(Cc3cnc(NC(=O)C(C)C)nc3NC(=O)C(C)C)cc(OC)c(OC)c2o1. The molecule has 0 atom stereocenters. The molecule has 2 heterocycles. The number of fused-ring (bicyclic) bond motifs is 1. The van der Waals surface area contributed by atoms with Crippen LogP contribution in [0.5, 0.6) is 11.5 Å². The predicted molar refractivity (Wildman–Crippen MR) is 141 cm³/mol. The fourth-order valence-corrected chi connectivity index (χ4v) is 3.49. The number of furan rings is 1. The Kier molecular flexibility index (Phi) is 9.24. The zero-order valence-corrected chi connectivity index (χ0v) is 22.1. The van der Waals surface area contributed by atoms with Gasteiger partial charge in [0.05, 0.1) is 20.8 Å². The number of carbonyl (C=O) groups excluding carboxylic acids is 2. The van der Waals surface area contributed by atoms with Gasteiger partial charge in [-0.05, 0) is 17.7 Å². The summed E-state index contributed by atoms with van der Waals surface area (Å²) in [5, 5.41) is 6.34. The second-order valence-electron chi connectivity index (χ2n) is 9.06. The molecule has 37 heavy (non-hydrogen) atoms. The van der Waals surface area contributed by atoms with Crippen molar-refractivity contribution in [3.8, 4) is 11.5 Å². The molecule has 2 amide bonds. The van der Waals surface area contributed by atoms with Gasteiger partial charge in [-0.25, -0.2) is 4.98 Å². The molecule has 0 bridgehead atoms. The number of benzene rings is 1. The number of ether oxygens (including phenoxy) is 3. The van der Waals surface area contributed by atoms with E-state index >= 15 is 0 Å². The first-order chi connectivity index (χ1) is 17.7. The second kappa shape index (κ2) is 12.4. The molecular formula is C27H34N4O6. The van der Waals surface area contributed by atoms with E-state index in [9.17, 15) is 9.59 Å². The third-order valence-electron chi connectivity index (χ3n) is 5.54. The van der Waals surface area contributed by atoms with Gasteiger partial charge in [-0.1, -0.05) is 33.8 Å². The summed E-state index contributed by atoms with van der Waals surface area (Å²) in [4.78, 5) is 33.5. The molecule has 2 aromatic heterocycles. The normalized spacial score (nSPS) is 11.1. The van der Waals surface area contributed by atoms with E-state index in [2.05, 4.69) is 27.2 Å². The Bertz CT molecular complexity index is 1280. The van der Waals surface area contributed by atoms with Crippen LogP contribution in [0.15, 0.2) is 35.4 Å². The van der Waals surface area contributed by atoms with Crippen LogP contribution in [0, 0.1) is 11.8 Å². The highest BCUT2D eigenvalue weighted by molar-refractivity contribution is 5.94. The van der Waals surface area contributed by atoms with E-state index in [1.807, 2.05) is 12.1 Å². The fraction of sp³-hybridized carbons (Fsp3) is 0.407. The molecular weight excluding hydrogens is 476 g/mol. The fourth-order valence-electron chi connectivity index (χ4n) is 3.49. The van der Waals surface area contributed by atoms with Crippen LogP contribution in [0.4, 0.5) is 11.8 Å². The number of hydrogen-bond donors (Lipinski definition) is 2. The van der Waals surface area contributed by atoms with Gasteiger partial charge < -0.3 is 23.9 Å². The lowest BCUT2D eigenvalue weighted by Crippen LogP contribution is -2.22. The Morgan fingerprint density at radius 1 is 1.05 bits per heavy atom. The average molecular weight is 511 g/mol. The molecule has 3 rings (SSSR count). The summed E-state index contributed by atoms with van der Waals surface area (Å²) in [5.74, 6) is 1.06. The van der Waals surface area contributed by atoms with Crippen molar-refractivity contribution >= 4 is 34.5 Å². The topological polar surface area (TPSA) is 125 Å². The Morgan fingerprint density at radius 3 is 2.38 bits per heavy atom. The zero-order chi connectivity index (χ0) is 27.1. The third-order valence-corrected chi connectivity index (χ3v) is 5.54. The quantitative estimate of drug-likeness (QED) is 0.265. The number of hydrogen-bond acceptors (Lipinski definition) is 8. The lowest BCUT2D eigenvalue weighted by Gasteiger charge is -2.15. The minimum absolute atomic E-state index is 0.115. The maximum atomic E-state index is 12.6. The summed E-state index contributed by atoms with van der Waals surface area (Å²) >= 11 is 0. The lowest BCUT2D eigenvalue weighted by molar-refractivity contribution is -0.119. The first-order valence-corrected chi connectivity index (χ1v) is 12.0. The zero-order valence-electron chi connectivity index (χ0n) is 22.1. The van der Waals surface area contributed by atoms with Crippen molar-refractivity contribution in [3.05, 3.63) is 47.9 Å². The van der Waals surface area contributed by atoms with Crippen molar-refractivity contribution in [3.63, 3.8) is 0 Å². The molecule has 0 aliphatic carbocycles. The lowest BCUT2D eigenvalue weighted by atomic mass is 10.0. The molecule has 0 radical (unpaired) electrons. The van der Waals surface area contributed by atoms with E-state index < -0.39 is 0 Å². The van der Waals surface area contributed by atoms with Crippen molar-refractivity contribution in [2.45, 2.75) is 40.7 Å². The molecule has 198 valence electrons. The van der Waals surface area contributed by atoms with Crippen LogP contribution in [0.3, 0.4) is 0 Å². The van der Waals surface area contributed by atoms with E-state index in [4.69, 9.17) is 18.6 Å². The summed E-state index contributed by atoms with van der Waals surface area (Å²) in [6, 6.07) is 3.74. The summed E-state index contributed by atoms with van der Waals surface area (Å²) < 4.78 is 22.7. The molecule has 0 aliphatic rings. The van der Waals surface area contributed by atoms with Crippen molar-refractivity contribution in [2.75, 3.05) is 31.5 Å². The number of aromatic nitrogens is 2. The average Bonchev–Trinajstić information content (AvgIpc) is 3.29. The highest BCUT2D eigenvalue weighted by atomic mass is 16.5. The van der Waals surface area contributed by atoms with Gasteiger partial charge in [0.25, 0.3) is 0 Å². The monoisotopic (exact) mass is 510 g/mol. The summed E-state index contributed by atoms with van der Waals surface area (Å²) in [5.41, 5.74) is 2.01. The van der Waals surface area contributed by atoms with Gasteiger partial charge in [0, 0.05) is 35.4 Å². The van der Waals surface area contributed by atoms with E-state index in [0.717, 1.165) is 10.9 Å². The number of rotatable bonds is 12. The Hall–Kier alpha value is -3.92. The van der Waals surface area contributed by atoms with Crippen molar-refractivity contribution < 1.29 is 28.2 Å². The van der Waals surface area contributed by atoms with Crippen molar-refractivity contribution in [2.24, 2.45) is 11.8 Å². The van der Waals surface area contributed by atoms with Gasteiger partial charge in [-0.15, -0.1) is 6.58 Å². The molecule has 2 N–H and O–H groups in total. The van der Waals surface area contributed by atoms with Gasteiger partial charge in [0.15, 0.2) is 11.3 Å². The number of amides is 2. The van der Waals surface area contributed by atoms with Crippen LogP contribution in [0.1, 0.15) is 44.6 Å². The number of anilines is 2. The number of methoxy groups -OCH3 is 2. The summed E-state index contributed by atoms with van der Waals surface area (Å²) in [7, 11) is 3.10. The minimum atomic E-state index is -0.267. The molecule has 3 aromatic rings. The maximum absolute atomic E-state index is 12.6. The van der Waals surface area contributed by atoms with Crippen LogP contribution < -0.4 is 20.1 Å². The molecule has 0 unspecified atom stereocenters. The van der Waals surface area contributed by atoms with Crippen LogP contribution >= 0.6 is 0 Å². The maximum Gasteiger partial charge on any atom is 0.231 e. The van der Waals surface area contributed by atoms with Gasteiger partial charge in [0.2, 0.25) is 23.5 Å². The van der Waals surface area contributed by atoms with Crippen LogP contribution in [-0.2, 0) is 27.4 Å². The Morgan fingerprint density at radius 2 is 1.76 bits per heavy atom. The van der Waals surface area contributed by atoms with Crippen LogP contribution in [0.2, 0.25) is 0 Å². The molecule has 0 aliphatic heterocycles. The minimum Gasteiger partial charge on any atom is -0.493 e. The Labute approximate surface area is 216 Å². The Balaban J connectivity index is 2.07. The number of nitrogens with one attached hydrogen (secondary N) is 2. The van der Waals surface area contributed by atoms with E-state index in [1.165, 1.54) is 0 Å². The first-order valence-electron chi connectivity index (χ1n) is 12.0. The van der Waals surface area contributed by atoms with Crippen LogP contribution in [0.25, 0.3) is 11.0 Å². The second-order valence-corrected chi connectivity index (χ2v) is 9.06. The predicted octanol–water partition coefficient (Wildman–Crippen LogP) is 4.72. The van der Waals surface area contributed by atoms with Crippen molar-refractivity contribution in [1.29, 1.82) is 0 Å². The number of nitrogens with zero attached hydrogens (tertiary/aromatic N) is 2. The highest BCUT2D eigenvalue weighted by Crippen LogP contribution is 2.40. The smallest absolute Gasteiger partial charge is 0.231 e. The van der Waals surface area contributed by atoms with Crippen molar-refractivity contribution in [1.82, 2.24) is 9.97 Å². The molecule has 0 saturated carbocycles. The van der Waals surface area contributed by atoms with E-state index in [-0.39, 0.29) is 36.2 Å². The van der Waals surface area contributed by atoms with Gasteiger partial charge in [-0.2, -0.15) is 4.98 Å². The largest absolute Gasteiger partial charge is 0.493 e. The molecule has 0 fully saturated rings. The van der Waals surface area contributed by atoms with Gasteiger partial charge in [-0.3, -0.25) is 14.9 Å². The van der Waals surface area contributed by atoms with Gasteiger partial charge >= 0.3 is 0 Å². The third kappa shape index (κ3) is 6.65. The molecule has 0 spiro atoms. The first kappa shape index (κ1) is 27.7. The molecule has 10 heteroatoms. The molecule has 1 aromatic carbocycles. The number of carbonyl (C=O) groups is 2. The van der Waals surface area contributed by atoms with Crippen LogP contribution in [-0.4, -0.2) is 42.6 Å².